The number of rotatable bonds is 8. The van der Waals surface area contributed by atoms with Gasteiger partial charge in [0.05, 0.1) is 39.0 Å². The molecule has 0 saturated heterocycles. The lowest BCUT2D eigenvalue weighted by atomic mass is 9.93. The van der Waals surface area contributed by atoms with Crippen LogP contribution in [0.2, 0.25) is 0 Å². The molecule has 2 heterocycles. The van der Waals surface area contributed by atoms with Crippen molar-refractivity contribution >= 4 is 30.4 Å². The fraction of sp³-hybridized carbons (Fsp3) is 0.500. The van der Waals surface area contributed by atoms with Crippen LogP contribution in [0.25, 0.3) is 11.2 Å². The summed E-state index contributed by atoms with van der Waals surface area (Å²) in [4.78, 5) is 30.9. The molecule has 1 aromatic carbocycles. The minimum absolute atomic E-state index is 0.0275. The SMILES string of the molecule is Bc1cc(Cn2c(N[C@@H]3CCC[C@H]3O)nc3c2c(=O)n(CC)c(=O)n3CCO)ccc1OC. The van der Waals surface area contributed by atoms with Crippen molar-refractivity contribution in [3.05, 3.63) is 44.6 Å². The predicted octanol–water partition coefficient (Wildman–Crippen LogP) is -0.987. The summed E-state index contributed by atoms with van der Waals surface area (Å²) >= 11 is 0. The first-order valence-corrected chi connectivity index (χ1v) is 11.3. The molecule has 0 unspecified atom stereocenters. The van der Waals surface area contributed by atoms with Gasteiger partial charge < -0.3 is 20.3 Å². The molecule has 0 bridgehead atoms. The number of aliphatic hydroxyl groups excluding tert-OH is 2. The number of ether oxygens (including phenoxy) is 1. The molecule has 1 fully saturated rings. The topological polar surface area (TPSA) is 124 Å². The van der Waals surface area contributed by atoms with E-state index in [0.717, 1.165) is 34.2 Å². The van der Waals surface area contributed by atoms with Crippen LogP contribution in [0.1, 0.15) is 31.7 Å². The maximum atomic E-state index is 13.4. The van der Waals surface area contributed by atoms with Gasteiger partial charge in [0, 0.05) is 6.54 Å². The summed E-state index contributed by atoms with van der Waals surface area (Å²) < 4.78 is 9.62. The third kappa shape index (κ3) is 4.18. The first kappa shape index (κ1) is 23.1. The van der Waals surface area contributed by atoms with E-state index in [1.54, 1.807) is 18.6 Å². The van der Waals surface area contributed by atoms with E-state index in [9.17, 15) is 19.8 Å². The lowest BCUT2D eigenvalue weighted by molar-refractivity contribution is 0.171. The van der Waals surface area contributed by atoms with Crippen molar-refractivity contribution < 1.29 is 14.9 Å². The predicted molar refractivity (Wildman–Crippen MR) is 129 cm³/mol. The van der Waals surface area contributed by atoms with Crippen molar-refractivity contribution in [1.29, 1.82) is 0 Å². The number of benzene rings is 1. The van der Waals surface area contributed by atoms with Crippen LogP contribution >= 0.6 is 0 Å². The van der Waals surface area contributed by atoms with Gasteiger partial charge in [-0.1, -0.05) is 12.1 Å². The van der Waals surface area contributed by atoms with Crippen molar-refractivity contribution in [3.63, 3.8) is 0 Å². The van der Waals surface area contributed by atoms with Gasteiger partial charge in [0.25, 0.3) is 5.56 Å². The second-order valence-electron chi connectivity index (χ2n) is 8.45. The molecule has 33 heavy (non-hydrogen) atoms. The molecule has 1 saturated carbocycles. The van der Waals surface area contributed by atoms with Gasteiger partial charge in [-0.25, -0.2) is 4.79 Å². The summed E-state index contributed by atoms with van der Waals surface area (Å²) in [5.74, 6) is 1.19. The van der Waals surface area contributed by atoms with Crippen LogP contribution in [-0.2, 0) is 19.6 Å². The average Bonchev–Trinajstić information content (AvgIpc) is 3.35. The monoisotopic (exact) mass is 455 g/mol. The van der Waals surface area contributed by atoms with Crippen LogP contribution in [0.15, 0.2) is 27.8 Å². The molecule has 3 aromatic rings. The number of hydrogen-bond donors (Lipinski definition) is 3. The molecule has 0 amide bonds. The van der Waals surface area contributed by atoms with Gasteiger partial charge in [-0.2, -0.15) is 4.98 Å². The minimum Gasteiger partial charge on any atom is -0.497 e. The van der Waals surface area contributed by atoms with Crippen LogP contribution < -0.4 is 26.8 Å². The summed E-state index contributed by atoms with van der Waals surface area (Å²) in [6.45, 7) is 2.05. The van der Waals surface area contributed by atoms with E-state index < -0.39 is 17.4 Å². The van der Waals surface area contributed by atoms with Crippen LogP contribution in [0.5, 0.6) is 5.75 Å². The minimum atomic E-state index is -0.506. The molecule has 3 N–H and O–H groups in total. The van der Waals surface area contributed by atoms with Crippen molar-refractivity contribution in [2.75, 3.05) is 19.0 Å². The first-order valence-electron chi connectivity index (χ1n) is 11.3. The number of aliphatic hydroxyl groups is 2. The third-order valence-electron chi connectivity index (χ3n) is 6.35. The van der Waals surface area contributed by atoms with Crippen molar-refractivity contribution in [2.24, 2.45) is 0 Å². The Kier molecular flexibility index (Phi) is 6.62. The maximum absolute atomic E-state index is 13.4. The lowest BCUT2D eigenvalue weighted by Crippen LogP contribution is -2.40. The summed E-state index contributed by atoms with van der Waals surface area (Å²) in [6.07, 6.45) is 1.88. The zero-order chi connectivity index (χ0) is 23.7. The second kappa shape index (κ2) is 9.44. The molecule has 10 nitrogen and oxygen atoms in total. The Bertz CT molecular complexity index is 1280. The van der Waals surface area contributed by atoms with E-state index >= 15 is 0 Å². The van der Waals surface area contributed by atoms with E-state index in [0.29, 0.717) is 18.9 Å². The highest BCUT2D eigenvalue weighted by atomic mass is 16.5. The Morgan fingerprint density at radius 3 is 2.64 bits per heavy atom. The number of imidazole rings is 1. The highest BCUT2D eigenvalue weighted by Gasteiger charge is 2.28. The molecule has 0 spiro atoms. The Morgan fingerprint density at radius 1 is 1.24 bits per heavy atom. The highest BCUT2D eigenvalue weighted by Crippen LogP contribution is 2.25. The van der Waals surface area contributed by atoms with Gasteiger partial charge >= 0.3 is 5.69 Å². The Balaban J connectivity index is 1.93. The third-order valence-corrected chi connectivity index (χ3v) is 6.35. The van der Waals surface area contributed by atoms with Gasteiger partial charge in [0.2, 0.25) is 5.95 Å². The normalized spacial score (nSPS) is 18.2. The number of anilines is 1. The molecular weight excluding hydrogens is 425 g/mol. The number of methoxy groups -OCH3 is 1. The number of nitrogens with one attached hydrogen (secondary N) is 1. The Labute approximate surface area is 191 Å². The second-order valence-corrected chi connectivity index (χ2v) is 8.45. The van der Waals surface area contributed by atoms with Gasteiger partial charge in [-0.15, -0.1) is 0 Å². The summed E-state index contributed by atoms with van der Waals surface area (Å²) in [6, 6.07) is 5.60. The largest absolute Gasteiger partial charge is 0.497 e. The van der Waals surface area contributed by atoms with Crippen LogP contribution in [-0.4, -0.2) is 62.6 Å². The maximum Gasteiger partial charge on any atom is 0.332 e. The average molecular weight is 455 g/mol. The Morgan fingerprint density at radius 2 is 2.03 bits per heavy atom. The van der Waals surface area contributed by atoms with Crippen molar-refractivity contribution in [2.45, 2.75) is 58.0 Å². The van der Waals surface area contributed by atoms with Crippen molar-refractivity contribution in [3.8, 4) is 5.75 Å². The van der Waals surface area contributed by atoms with Gasteiger partial charge in [-0.05, 0) is 43.3 Å². The standard InChI is InChI=1S/C22H30BN5O5/c1-3-26-20(31)18-19(27(9-10-29)22(26)32)25-21(24-15-5-4-6-16(15)30)28(18)12-13-7-8-17(33-2)14(23)11-13/h7-8,11,15-16,29-30H,3-6,9-10,12,23H2,1-2H3,(H,24,25)/t15-,16-/m1/s1. The van der Waals surface area contributed by atoms with E-state index in [1.165, 1.54) is 4.57 Å². The fourth-order valence-corrected chi connectivity index (χ4v) is 4.63. The first-order chi connectivity index (χ1) is 15.9. The lowest BCUT2D eigenvalue weighted by Gasteiger charge is -2.18. The van der Waals surface area contributed by atoms with E-state index in [-0.39, 0.29) is 36.9 Å². The van der Waals surface area contributed by atoms with Crippen LogP contribution in [0, 0.1) is 0 Å². The van der Waals surface area contributed by atoms with E-state index in [1.807, 2.05) is 26.0 Å². The van der Waals surface area contributed by atoms with Crippen LogP contribution in [0.3, 0.4) is 0 Å². The number of aromatic nitrogens is 4. The summed E-state index contributed by atoms with van der Waals surface area (Å²) in [7, 11) is 3.57. The number of hydrogen-bond acceptors (Lipinski definition) is 7. The van der Waals surface area contributed by atoms with Gasteiger partial charge in [0.1, 0.15) is 13.6 Å². The zero-order valence-corrected chi connectivity index (χ0v) is 19.2. The quantitative estimate of drug-likeness (QED) is 0.373. The molecule has 176 valence electrons. The molecule has 0 radical (unpaired) electrons. The molecular formula is C22H30BN5O5. The van der Waals surface area contributed by atoms with E-state index in [4.69, 9.17) is 4.74 Å². The molecule has 0 aliphatic heterocycles. The Hall–Kier alpha value is -3.05. The molecule has 11 heteroatoms. The van der Waals surface area contributed by atoms with Crippen molar-refractivity contribution in [1.82, 2.24) is 18.7 Å². The van der Waals surface area contributed by atoms with E-state index in [2.05, 4.69) is 10.3 Å². The highest BCUT2D eigenvalue weighted by molar-refractivity contribution is 6.34. The molecule has 4 rings (SSSR count). The van der Waals surface area contributed by atoms with Gasteiger partial charge in [-0.3, -0.25) is 18.5 Å². The molecule has 2 aromatic heterocycles. The fourth-order valence-electron chi connectivity index (χ4n) is 4.63. The number of fused-ring (bicyclic) bond motifs is 1. The molecule has 2 atom stereocenters. The summed E-state index contributed by atoms with van der Waals surface area (Å²) in [5.41, 5.74) is 1.48. The van der Waals surface area contributed by atoms with Gasteiger partial charge in [0.15, 0.2) is 11.2 Å². The smallest absolute Gasteiger partial charge is 0.332 e. The molecule has 1 aliphatic rings. The molecule has 1 aliphatic carbocycles. The zero-order valence-electron chi connectivity index (χ0n) is 19.2. The van der Waals surface area contributed by atoms with Crippen LogP contribution in [0.4, 0.5) is 5.95 Å². The summed E-state index contributed by atoms with van der Waals surface area (Å²) in [5, 5.41) is 23.2. The number of nitrogens with zero attached hydrogens (tertiary/aromatic N) is 4.